The van der Waals surface area contributed by atoms with Gasteiger partial charge in [0.15, 0.2) is 0 Å². The van der Waals surface area contributed by atoms with E-state index in [9.17, 15) is 13.2 Å². The number of hydrogen-bond donors (Lipinski definition) is 2. The van der Waals surface area contributed by atoms with Crippen molar-refractivity contribution >= 4 is 21.7 Å². The van der Waals surface area contributed by atoms with Gasteiger partial charge in [0.25, 0.3) is 0 Å². The molecule has 2 rings (SSSR count). The van der Waals surface area contributed by atoms with E-state index < -0.39 is 21.2 Å². The van der Waals surface area contributed by atoms with E-state index in [4.69, 9.17) is 5.11 Å². The molecular weight excluding hydrogens is 302 g/mol. The number of nitrogens with one attached hydrogen (secondary N) is 1. The summed E-state index contributed by atoms with van der Waals surface area (Å²) in [7, 11) is -3.36. The Morgan fingerprint density at radius 2 is 1.41 bits per heavy atom. The third-order valence-corrected chi connectivity index (χ3v) is 4.99. The molecule has 0 saturated carbocycles. The van der Waals surface area contributed by atoms with Crippen molar-refractivity contribution in [3.63, 3.8) is 0 Å². The van der Waals surface area contributed by atoms with E-state index >= 15 is 0 Å². The van der Waals surface area contributed by atoms with Crippen LogP contribution in [0.1, 0.15) is 24.2 Å². The minimum atomic E-state index is -3.36. The second-order valence-electron chi connectivity index (χ2n) is 5.16. The maximum atomic E-state index is 11.8. The van der Waals surface area contributed by atoms with Gasteiger partial charge in [-0.2, -0.15) is 0 Å². The Morgan fingerprint density at radius 3 is 1.82 bits per heavy atom. The molecule has 0 spiro atoms. The fraction of sp³-hybridized carbons (Fsp3) is 0.188. The van der Waals surface area contributed by atoms with Crippen molar-refractivity contribution in [3.05, 3.63) is 54.1 Å². The molecule has 2 aromatic carbocycles. The Bertz CT molecular complexity index is 763. The number of carboxylic acid groups (broad SMARTS) is 1. The van der Waals surface area contributed by atoms with Crippen molar-refractivity contribution in [3.8, 4) is 11.1 Å². The van der Waals surface area contributed by atoms with Crippen molar-refractivity contribution in [2.45, 2.75) is 19.1 Å². The molecule has 6 heteroatoms. The van der Waals surface area contributed by atoms with Crippen molar-refractivity contribution in [1.82, 2.24) is 0 Å². The molecule has 5 nitrogen and oxygen atoms in total. The number of carboxylic acids is 1. The number of carbonyl (C=O) groups is 1. The fourth-order valence-electron chi connectivity index (χ4n) is 1.82. The minimum Gasteiger partial charge on any atom is -0.478 e. The smallest absolute Gasteiger partial charge is 0.335 e. The maximum absolute atomic E-state index is 11.8. The van der Waals surface area contributed by atoms with Gasteiger partial charge >= 0.3 is 5.97 Å². The van der Waals surface area contributed by atoms with E-state index in [1.165, 1.54) is 12.1 Å². The molecule has 0 aliphatic carbocycles. The number of sulfonamides is 1. The lowest BCUT2D eigenvalue weighted by Crippen LogP contribution is -2.22. The van der Waals surface area contributed by atoms with Crippen LogP contribution in [0.4, 0.5) is 5.69 Å². The molecule has 0 aromatic heterocycles. The molecule has 116 valence electrons. The normalized spacial score (nSPS) is 11.4. The summed E-state index contributed by atoms with van der Waals surface area (Å²) in [6.45, 7) is 3.22. The Balaban J connectivity index is 2.20. The Labute approximate surface area is 129 Å². The van der Waals surface area contributed by atoms with Gasteiger partial charge in [-0.3, -0.25) is 4.72 Å². The van der Waals surface area contributed by atoms with Crippen LogP contribution in [-0.2, 0) is 10.0 Å². The molecule has 0 aliphatic rings. The van der Waals surface area contributed by atoms with E-state index in [1.807, 2.05) is 0 Å². The molecule has 2 aromatic rings. The summed E-state index contributed by atoms with van der Waals surface area (Å²) in [6.07, 6.45) is 0. The monoisotopic (exact) mass is 319 g/mol. The number of aromatic carboxylic acids is 1. The number of rotatable bonds is 5. The third-order valence-electron chi connectivity index (χ3n) is 3.23. The molecule has 0 atom stereocenters. The summed E-state index contributed by atoms with van der Waals surface area (Å²) in [5.74, 6) is -0.968. The summed E-state index contributed by atoms with van der Waals surface area (Å²) < 4.78 is 26.1. The SMILES string of the molecule is CC(C)S(=O)(=O)Nc1ccc(-c2ccc(C(=O)O)cc2)cc1. The molecule has 0 unspecified atom stereocenters. The van der Waals surface area contributed by atoms with Crippen LogP contribution in [-0.4, -0.2) is 24.7 Å². The summed E-state index contributed by atoms with van der Waals surface area (Å²) in [4.78, 5) is 10.8. The Kier molecular flexibility index (Phi) is 4.51. The van der Waals surface area contributed by atoms with E-state index in [-0.39, 0.29) is 5.56 Å². The lowest BCUT2D eigenvalue weighted by Gasteiger charge is -2.11. The van der Waals surface area contributed by atoms with Gasteiger partial charge in [0.2, 0.25) is 10.0 Å². The average Bonchev–Trinajstić information content (AvgIpc) is 2.47. The highest BCUT2D eigenvalue weighted by molar-refractivity contribution is 7.93. The molecule has 0 saturated heterocycles. The van der Waals surface area contributed by atoms with Crippen molar-refractivity contribution < 1.29 is 18.3 Å². The Hall–Kier alpha value is -2.34. The zero-order valence-corrected chi connectivity index (χ0v) is 13.1. The fourth-order valence-corrected chi connectivity index (χ4v) is 2.52. The predicted octanol–water partition coefficient (Wildman–Crippen LogP) is 3.20. The summed E-state index contributed by atoms with van der Waals surface area (Å²) >= 11 is 0. The molecule has 22 heavy (non-hydrogen) atoms. The lowest BCUT2D eigenvalue weighted by atomic mass is 10.0. The van der Waals surface area contributed by atoms with E-state index in [2.05, 4.69) is 4.72 Å². The van der Waals surface area contributed by atoms with E-state index in [0.717, 1.165) is 11.1 Å². The standard InChI is InChI=1S/C16H17NO4S/c1-11(2)22(20,21)17-15-9-7-13(8-10-15)12-3-5-14(6-4-12)16(18)19/h3-11,17H,1-2H3,(H,18,19). The molecule has 0 radical (unpaired) electrons. The van der Waals surface area contributed by atoms with Gasteiger partial charge in [0.05, 0.1) is 10.8 Å². The van der Waals surface area contributed by atoms with Gasteiger partial charge in [-0.1, -0.05) is 24.3 Å². The molecule has 0 fully saturated rings. The minimum absolute atomic E-state index is 0.227. The topological polar surface area (TPSA) is 83.5 Å². The summed E-state index contributed by atoms with van der Waals surface area (Å²) in [5.41, 5.74) is 2.47. The van der Waals surface area contributed by atoms with Crippen LogP contribution in [0.25, 0.3) is 11.1 Å². The van der Waals surface area contributed by atoms with Crippen molar-refractivity contribution in [2.75, 3.05) is 4.72 Å². The first-order chi connectivity index (χ1) is 10.3. The predicted molar refractivity (Wildman–Crippen MR) is 86.5 cm³/mol. The van der Waals surface area contributed by atoms with Crippen LogP contribution >= 0.6 is 0 Å². The molecule has 0 aliphatic heterocycles. The van der Waals surface area contributed by atoms with Gasteiger partial charge in [0, 0.05) is 5.69 Å². The molecule has 0 bridgehead atoms. The Morgan fingerprint density at radius 1 is 0.955 bits per heavy atom. The van der Waals surface area contributed by atoms with Crippen LogP contribution in [0.2, 0.25) is 0 Å². The molecular formula is C16H17NO4S. The number of hydrogen-bond acceptors (Lipinski definition) is 3. The maximum Gasteiger partial charge on any atom is 0.335 e. The molecule has 0 amide bonds. The largest absolute Gasteiger partial charge is 0.478 e. The number of benzene rings is 2. The second-order valence-corrected chi connectivity index (χ2v) is 7.39. The molecule has 2 N–H and O–H groups in total. The van der Waals surface area contributed by atoms with Gasteiger partial charge in [0.1, 0.15) is 0 Å². The van der Waals surface area contributed by atoms with Crippen molar-refractivity contribution in [2.24, 2.45) is 0 Å². The van der Waals surface area contributed by atoms with Crippen LogP contribution < -0.4 is 4.72 Å². The van der Waals surface area contributed by atoms with Gasteiger partial charge in [-0.05, 0) is 49.2 Å². The zero-order valence-electron chi connectivity index (χ0n) is 12.3. The van der Waals surface area contributed by atoms with Crippen molar-refractivity contribution in [1.29, 1.82) is 0 Å². The van der Waals surface area contributed by atoms with Crippen LogP contribution in [0.15, 0.2) is 48.5 Å². The van der Waals surface area contributed by atoms with E-state index in [0.29, 0.717) is 5.69 Å². The summed E-state index contributed by atoms with van der Waals surface area (Å²) in [5, 5.41) is 8.37. The highest BCUT2D eigenvalue weighted by Crippen LogP contribution is 2.22. The first-order valence-electron chi connectivity index (χ1n) is 6.75. The first kappa shape index (κ1) is 16.0. The summed E-state index contributed by atoms with van der Waals surface area (Å²) in [6, 6.07) is 13.4. The highest BCUT2D eigenvalue weighted by atomic mass is 32.2. The third kappa shape index (κ3) is 3.65. The zero-order chi connectivity index (χ0) is 16.3. The lowest BCUT2D eigenvalue weighted by molar-refractivity contribution is 0.0697. The van der Waals surface area contributed by atoms with Gasteiger partial charge < -0.3 is 5.11 Å². The quantitative estimate of drug-likeness (QED) is 0.886. The highest BCUT2D eigenvalue weighted by Gasteiger charge is 2.15. The molecule has 0 heterocycles. The first-order valence-corrected chi connectivity index (χ1v) is 8.29. The van der Waals surface area contributed by atoms with Crippen LogP contribution in [0.5, 0.6) is 0 Å². The van der Waals surface area contributed by atoms with Gasteiger partial charge in [-0.25, -0.2) is 13.2 Å². The van der Waals surface area contributed by atoms with E-state index in [1.54, 1.807) is 50.2 Å². The van der Waals surface area contributed by atoms with Gasteiger partial charge in [-0.15, -0.1) is 0 Å². The average molecular weight is 319 g/mol. The second kappa shape index (κ2) is 6.19. The van der Waals surface area contributed by atoms with Crippen LogP contribution in [0.3, 0.4) is 0 Å². The number of anilines is 1. The van der Waals surface area contributed by atoms with Crippen LogP contribution in [0, 0.1) is 0 Å².